The smallest absolute Gasteiger partial charge is 0.280 e. The van der Waals surface area contributed by atoms with Gasteiger partial charge in [-0.05, 0) is 30.0 Å². The van der Waals surface area contributed by atoms with E-state index in [0.717, 1.165) is 16.2 Å². The lowest BCUT2D eigenvalue weighted by Gasteiger charge is -2.08. The van der Waals surface area contributed by atoms with Gasteiger partial charge in [0.2, 0.25) is 0 Å². The van der Waals surface area contributed by atoms with Crippen LogP contribution >= 0.6 is 11.8 Å². The Morgan fingerprint density at radius 1 is 1.47 bits per heavy atom. The third-order valence-electron chi connectivity index (χ3n) is 2.84. The molecule has 2 rings (SSSR count). The summed E-state index contributed by atoms with van der Waals surface area (Å²) in [5, 5.41) is 0. The molecule has 0 spiro atoms. The van der Waals surface area contributed by atoms with Crippen molar-refractivity contribution >= 4 is 23.6 Å². The Hall–Kier alpha value is -1.49. The number of rotatable bonds is 1. The van der Waals surface area contributed by atoms with E-state index in [0.29, 0.717) is 11.5 Å². The summed E-state index contributed by atoms with van der Waals surface area (Å²) in [6.45, 7) is 4.10. The summed E-state index contributed by atoms with van der Waals surface area (Å²) < 4.78 is 0. The third-order valence-corrected chi connectivity index (χ3v) is 4.17. The first-order chi connectivity index (χ1) is 7.99. The molecule has 0 aliphatic carbocycles. The van der Waals surface area contributed by atoms with E-state index in [9.17, 15) is 4.79 Å². The van der Waals surface area contributed by atoms with Crippen molar-refractivity contribution in [3.8, 4) is 0 Å². The molecule has 5 heteroatoms. The number of nitrogens with two attached hydrogens (primary N) is 2. The minimum Gasteiger partial charge on any atom is -0.370 e. The fourth-order valence-corrected chi connectivity index (χ4v) is 3.17. The van der Waals surface area contributed by atoms with Crippen molar-refractivity contribution in [2.24, 2.45) is 16.5 Å². The van der Waals surface area contributed by atoms with Gasteiger partial charge < -0.3 is 11.5 Å². The standard InChI is InChI=1S/C12H15N3OS/c1-6-3-8-7(2)5-17-10(8)4-9(6)11(16)15-12(13)14/h3-4,7H,5H2,1-2H3,(H4,13,14,15,16). The average Bonchev–Trinajstić information content (AvgIpc) is 2.58. The van der Waals surface area contributed by atoms with Gasteiger partial charge in [0.15, 0.2) is 5.96 Å². The summed E-state index contributed by atoms with van der Waals surface area (Å²) in [4.78, 5) is 16.5. The van der Waals surface area contributed by atoms with Gasteiger partial charge in [0.25, 0.3) is 5.91 Å². The van der Waals surface area contributed by atoms with Crippen LogP contribution in [0.1, 0.15) is 34.3 Å². The van der Waals surface area contributed by atoms with Crippen LogP contribution in [0.3, 0.4) is 0 Å². The van der Waals surface area contributed by atoms with Crippen molar-refractivity contribution in [2.75, 3.05) is 5.75 Å². The molecule has 1 unspecified atom stereocenters. The van der Waals surface area contributed by atoms with Gasteiger partial charge in [0.05, 0.1) is 0 Å². The van der Waals surface area contributed by atoms with E-state index in [1.54, 1.807) is 11.8 Å². The number of carbonyl (C=O) groups excluding carboxylic acids is 1. The van der Waals surface area contributed by atoms with Crippen LogP contribution in [-0.2, 0) is 0 Å². The van der Waals surface area contributed by atoms with Crippen molar-refractivity contribution in [3.05, 3.63) is 28.8 Å². The van der Waals surface area contributed by atoms with E-state index < -0.39 is 0 Å². The Kier molecular flexibility index (Phi) is 3.11. The highest BCUT2D eigenvalue weighted by atomic mass is 32.2. The van der Waals surface area contributed by atoms with Crippen molar-refractivity contribution in [1.29, 1.82) is 0 Å². The topological polar surface area (TPSA) is 81.5 Å². The number of benzene rings is 1. The van der Waals surface area contributed by atoms with Crippen LogP contribution in [0.5, 0.6) is 0 Å². The fraction of sp³-hybridized carbons (Fsp3) is 0.333. The van der Waals surface area contributed by atoms with Crippen molar-refractivity contribution < 1.29 is 4.79 Å². The average molecular weight is 249 g/mol. The molecule has 0 bridgehead atoms. The Balaban J connectivity index is 2.44. The Morgan fingerprint density at radius 3 is 2.82 bits per heavy atom. The molecule has 1 amide bonds. The predicted molar refractivity (Wildman–Crippen MR) is 70.5 cm³/mol. The van der Waals surface area contributed by atoms with Gasteiger partial charge in [-0.15, -0.1) is 11.8 Å². The number of carbonyl (C=O) groups is 1. The van der Waals surface area contributed by atoms with Gasteiger partial charge in [-0.3, -0.25) is 4.79 Å². The second kappa shape index (κ2) is 4.41. The number of guanidine groups is 1. The van der Waals surface area contributed by atoms with E-state index in [2.05, 4.69) is 18.0 Å². The lowest BCUT2D eigenvalue weighted by Crippen LogP contribution is -2.24. The van der Waals surface area contributed by atoms with Crippen LogP contribution < -0.4 is 11.5 Å². The lowest BCUT2D eigenvalue weighted by molar-refractivity contribution is 0.100. The van der Waals surface area contributed by atoms with E-state index >= 15 is 0 Å². The Labute approximate surface area is 104 Å². The lowest BCUT2D eigenvalue weighted by atomic mass is 9.98. The SMILES string of the molecule is Cc1cc2c(cc1C(=O)N=C(N)N)SCC2C. The number of nitrogens with zero attached hydrogens (tertiary/aromatic N) is 1. The van der Waals surface area contributed by atoms with Gasteiger partial charge in [0.1, 0.15) is 0 Å². The molecule has 1 aliphatic heterocycles. The van der Waals surface area contributed by atoms with E-state index in [1.807, 2.05) is 13.0 Å². The molecule has 1 aromatic rings. The second-order valence-electron chi connectivity index (χ2n) is 4.26. The summed E-state index contributed by atoms with van der Waals surface area (Å²) in [6, 6.07) is 3.96. The van der Waals surface area contributed by atoms with Crippen LogP contribution in [0.25, 0.3) is 0 Å². The third kappa shape index (κ3) is 2.29. The first-order valence-electron chi connectivity index (χ1n) is 5.40. The quantitative estimate of drug-likeness (QED) is 0.585. The number of amides is 1. The molecule has 1 aliphatic rings. The molecule has 0 fully saturated rings. The van der Waals surface area contributed by atoms with Crippen LogP contribution in [0, 0.1) is 6.92 Å². The molecule has 1 aromatic carbocycles. The summed E-state index contributed by atoms with van der Waals surface area (Å²) in [5.41, 5.74) is 13.3. The maximum Gasteiger partial charge on any atom is 0.280 e. The van der Waals surface area contributed by atoms with Gasteiger partial charge in [0, 0.05) is 16.2 Å². The first kappa shape index (κ1) is 12.0. The predicted octanol–water partition coefficient (Wildman–Crippen LogP) is 1.62. The Bertz CT molecular complexity index is 507. The first-order valence-corrected chi connectivity index (χ1v) is 6.39. The number of thioether (sulfide) groups is 1. The highest BCUT2D eigenvalue weighted by Crippen LogP contribution is 2.40. The highest BCUT2D eigenvalue weighted by Gasteiger charge is 2.22. The number of fused-ring (bicyclic) bond motifs is 1. The minimum atomic E-state index is -0.370. The minimum absolute atomic E-state index is 0.198. The normalized spacial score (nSPS) is 17.6. The summed E-state index contributed by atoms with van der Waals surface area (Å²) in [7, 11) is 0. The summed E-state index contributed by atoms with van der Waals surface area (Å²) >= 11 is 1.77. The van der Waals surface area contributed by atoms with E-state index in [4.69, 9.17) is 11.5 Å². The monoisotopic (exact) mass is 249 g/mol. The maximum atomic E-state index is 11.8. The highest BCUT2D eigenvalue weighted by molar-refractivity contribution is 7.99. The molecule has 1 heterocycles. The number of hydrogen-bond acceptors (Lipinski definition) is 2. The van der Waals surface area contributed by atoms with Gasteiger partial charge in [-0.25, -0.2) is 0 Å². The summed E-state index contributed by atoms with van der Waals surface area (Å²) in [6.07, 6.45) is 0. The van der Waals surface area contributed by atoms with E-state index in [-0.39, 0.29) is 11.9 Å². The molecular weight excluding hydrogens is 234 g/mol. The molecule has 0 aromatic heterocycles. The zero-order valence-electron chi connectivity index (χ0n) is 9.86. The molecule has 0 radical (unpaired) electrons. The van der Waals surface area contributed by atoms with Crippen LogP contribution in [0.2, 0.25) is 0 Å². The zero-order chi connectivity index (χ0) is 12.6. The van der Waals surface area contributed by atoms with Gasteiger partial charge in [-0.1, -0.05) is 13.0 Å². The molecule has 90 valence electrons. The van der Waals surface area contributed by atoms with Crippen LogP contribution in [0.4, 0.5) is 0 Å². The molecule has 0 saturated heterocycles. The fourth-order valence-electron chi connectivity index (χ4n) is 1.93. The van der Waals surface area contributed by atoms with Crippen molar-refractivity contribution in [3.63, 3.8) is 0 Å². The van der Waals surface area contributed by atoms with Gasteiger partial charge >= 0.3 is 0 Å². The number of hydrogen-bond donors (Lipinski definition) is 2. The zero-order valence-corrected chi connectivity index (χ0v) is 10.7. The second-order valence-corrected chi connectivity index (χ2v) is 5.32. The van der Waals surface area contributed by atoms with Crippen molar-refractivity contribution in [1.82, 2.24) is 0 Å². The Morgan fingerprint density at radius 2 is 2.18 bits per heavy atom. The molecule has 1 atom stereocenters. The molecule has 0 saturated carbocycles. The molecule has 4 nitrogen and oxygen atoms in total. The maximum absolute atomic E-state index is 11.8. The number of aryl methyl sites for hydroxylation is 1. The number of aliphatic imine (C=N–C) groups is 1. The molecule has 17 heavy (non-hydrogen) atoms. The molecular formula is C12H15N3OS. The molecule has 4 N–H and O–H groups in total. The van der Waals surface area contributed by atoms with Gasteiger partial charge in [-0.2, -0.15) is 4.99 Å². The van der Waals surface area contributed by atoms with Crippen LogP contribution in [0.15, 0.2) is 22.0 Å². The van der Waals surface area contributed by atoms with E-state index in [1.165, 1.54) is 5.56 Å². The largest absolute Gasteiger partial charge is 0.370 e. The summed E-state index contributed by atoms with van der Waals surface area (Å²) in [5.74, 6) is 1.04. The van der Waals surface area contributed by atoms with Crippen LogP contribution in [-0.4, -0.2) is 17.6 Å². The van der Waals surface area contributed by atoms with Crippen molar-refractivity contribution in [2.45, 2.75) is 24.7 Å².